The molecule has 0 saturated heterocycles. The highest BCUT2D eigenvalue weighted by atomic mass is 79.9. The van der Waals surface area contributed by atoms with Crippen LogP contribution in [0.4, 0.5) is 5.69 Å². The topological polar surface area (TPSA) is 32.3 Å². The Morgan fingerprint density at radius 3 is 2.68 bits per heavy atom. The van der Waals surface area contributed by atoms with Gasteiger partial charge in [-0.2, -0.15) is 0 Å². The van der Waals surface area contributed by atoms with Crippen molar-refractivity contribution in [2.75, 3.05) is 11.9 Å². The SMILES string of the molecule is OC(CNc1cccc(Br)c1)c1cc(Cl)ccc1Cl. The van der Waals surface area contributed by atoms with E-state index in [1.165, 1.54) is 0 Å². The molecule has 0 aromatic heterocycles. The van der Waals surface area contributed by atoms with Gasteiger partial charge in [0.25, 0.3) is 0 Å². The molecule has 1 unspecified atom stereocenters. The highest BCUT2D eigenvalue weighted by Gasteiger charge is 2.12. The van der Waals surface area contributed by atoms with E-state index in [0.717, 1.165) is 10.2 Å². The fourth-order valence-electron chi connectivity index (χ4n) is 1.69. The summed E-state index contributed by atoms with van der Waals surface area (Å²) in [6.07, 6.45) is -0.717. The Morgan fingerprint density at radius 2 is 1.95 bits per heavy atom. The molecule has 1 atom stereocenters. The van der Waals surface area contributed by atoms with Gasteiger partial charge in [-0.05, 0) is 36.4 Å². The second-order valence-corrected chi connectivity index (χ2v) is 5.83. The average Bonchev–Trinajstić information content (AvgIpc) is 2.39. The summed E-state index contributed by atoms with van der Waals surface area (Å²) in [5.74, 6) is 0. The zero-order chi connectivity index (χ0) is 13.8. The number of hydrogen-bond acceptors (Lipinski definition) is 2. The van der Waals surface area contributed by atoms with E-state index in [0.29, 0.717) is 22.2 Å². The van der Waals surface area contributed by atoms with Crippen molar-refractivity contribution in [3.63, 3.8) is 0 Å². The highest BCUT2D eigenvalue weighted by Crippen LogP contribution is 2.26. The van der Waals surface area contributed by atoms with Crippen LogP contribution < -0.4 is 5.32 Å². The molecule has 0 aliphatic carbocycles. The van der Waals surface area contributed by atoms with Crippen LogP contribution >= 0.6 is 39.1 Å². The van der Waals surface area contributed by atoms with Gasteiger partial charge in [0.1, 0.15) is 0 Å². The molecule has 0 spiro atoms. The zero-order valence-electron chi connectivity index (χ0n) is 9.91. The van der Waals surface area contributed by atoms with Crippen LogP contribution in [0.5, 0.6) is 0 Å². The number of nitrogens with one attached hydrogen (secondary N) is 1. The van der Waals surface area contributed by atoms with Crippen molar-refractivity contribution < 1.29 is 5.11 Å². The Hall–Kier alpha value is -0.740. The fourth-order valence-corrected chi connectivity index (χ4v) is 2.52. The molecule has 0 aliphatic rings. The standard InChI is InChI=1S/C14H12BrCl2NO/c15-9-2-1-3-11(6-9)18-8-14(19)12-7-10(16)4-5-13(12)17/h1-7,14,18-19H,8H2. The summed E-state index contributed by atoms with van der Waals surface area (Å²) in [4.78, 5) is 0. The summed E-state index contributed by atoms with van der Waals surface area (Å²) in [6.45, 7) is 0.358. The molecule has 19 heavy (non-hydrogen) atoms. The molecular weight excluding hydrogens is 349 g/mol. The molecule has 2 nitrogen and oxygen atoms in total. The van der Waals surface area contributed by atoms with Crippen molar-refractivity contribution in [2.45, 2.75) is 6.10 Å². The first-order valence-electron chi connectivity index (χ1n) is 5.69. The zero-order valence-corrected chi connectivity index (χ0v) is 13.0. The Balaban J connectivity index is 2.05. The van der Waals surface area contributed by atoms with Gasteiger partial charge in [0.05, 0.1) is 6.10 Å². The lowest BCUT2D eigenvalue weighted by Gasteiger charge is -2.15. The molecule has 100 valence electrons. The van der Waals surface area contributed by atoms with Crippen molar-refractivity contribution in [3.05, 3.63) is 62.5 Å². The molecule has 0 saturated carbocycles. The average molecular weight is 361 g/mol. The first-order valence-corrected chi connectivity index (χ1v) is 7.23. The maximum absolute atomic E-state index is 10.1. The van der Waals surface area contributed by atoms with Gasteiger partial charge in [-0.1, -0.05) is 45.2 Å². The molecule has 2 N–H and O–H groups in total. The first kappa shape index (κ1) is 14.7. The normalized spacial score (nSPS) is 12.2. The monoisotopic (exact) mass is 359 g/mol. The van der Waals surface area contributed by atoms with Crippen molar-refractivity contribution in [1.82, 2.24) is 0 Å². The number of aliphatic hydroxyl groups is 1. The second kappa shape index (κ2) is 6.62. The van der Waals surface area contributed by atoms with E-state index in [1.54, 1.807) is 18.2 Å². The predicted molar refractivity (Wildman–Crippen MR) is 84.1 cm³/mol. The molecule has 0 fully saturated rings. The fraction of sp³-hybridized carbons (Fsp3) is 0.143. The number of hydrogen-bond donors (Lipinski definition) is 2. The number of rotatable bonds is 4. The van der Waals surface area contributed by atoms with Gasteiger partial charge in [0.15, 0.2) is 0 Å². The third-order valence-electron chi connectivity index (χ3n) is 2.64. The highest BCUT2D eigenvalue weighted by molar-refractivity contribution is 9.10. The van der Waals surface area contributed by atoms with Gasteiger partial charge in [-0.25, -0.2) is 0 Å². The minimum atomic E-state index is -0.717. The van der Waals surface area contributed by atoms with Gasteiger partial charge in [-0.3, -0.25) is 0 Å². The lowest BCUT2D eigenvalue weighted by atomic mass is 10.1. The number of benzene rings is 2. The molecule has 0 aliphatic heterocycles. The van der Waals surface area contributed by atoms with Gasteiger partial charge in [0, 0.05) is 32.3 Å². The Bertz CT molecular complexity index is 577. The maximum Gasteiger partial charge on any atom is 0.0977 e. The van der Waals surface area contributed by atoms with Gasteiger partial charge in [0.2, 0.25) is 0 Å². The van der Waals surface area contributed by atoms with Crippen LogP contribution in [-0.4, -0.2) is 11.7 Å². The number of anilines is 1. The van der Waals surface area contributed by atoms with E-state index >= 15 is 0 Å². The lowest BCUT2D eigenvalue weighted by Crippen LogP contribution is -2.12. The van der Waals surface area contributed by atoms with E-state index < -0.39 is 6.10 Å². The van der Waals surface area contributed by atoms with Crippen molar-refractivity contribution >= 4 is 44.8 Å². The molecular formula is C14H12BrCl2NO. The molecule has 2 aromatic rings. The largest absolute Gasteiger partial charge is 0.387 e. The van der Waals surface area contributed by atoms with E-state index in [4.69, 9.17) is 23.2 Å². The predicted octanol–water partition coefficient (Wildman–Crippen LogP) is 4.90. The number of aliphatic hydroxyl groups excluding tert-OH is 1. The van der Waals surface area contributed by atoms with Gasteiger partial charge < -0.3 is 10.4 Å². The van der Waals surface area contributed by atoms with E-state index in [2.05, 4.69) is 21.2 Å². The molecule has 5 heteroatoms. The summed E-state index contributed by atoms with van der Waals surface area (Å²) in [5.41, 5.74) is 1.54. The maximum atomic E-state index is 10.1. The molecule has 0 bridgehead atoms. The second-order valence-electron chi connectivity index (χ2n) is 4.07. The van der Waals surface area contributed by atoms with Crippen LogP contribution in [0.3, 0.4) is 0 Å². The van der Waals surface area contributed by atoms with Crippen LogP contribution in [-0.2, 0) is 0 Å². The Morgan fingerprint density at radius 1 is 1.16 bits per heavy atom. The molecule has 0 amide bonds. The molecule has 2 rings (SSSR count). The van der Waals surface area contributed by atoms with Gasteiger partial charge in [-0.15, -0.1) is 0 Å². The molecule has 0 heterocycles. The summed E-state index contributed by atoms with van der Waals surface area (Å²) in [6, 6.07) is 12.8. The van der Waals surface area contributed by atoms with Crippen molar-refractivity contribution in [3.8, 4) is 0 Å². The Labute approximate surface area is 130 Å². The van der Waals surface area contributed by atoms with E-state index in [-0.39, 0.29) is 0 Å². The van der Waals surface area contributed by atoms with Crippen LogP contribution in [0, 0.1) is 0 Å². The quantitative estimate of drug-likeness (QED) is 0.812. The third-order valence-corrected chi connectivity index (χ3v) is 3.71. The minimum Gasteiger partial charge on any atom is -0.387 e. The summed E-state index contributed by atoms with van der Waals surface area (Å²) < 4.78 is 0.979. The van der Waals surface area contributed by atoms with Crippen LogP contribution in [0.15, 0.2) is 46.9 Å². The molecule has 2 aromatic carbocycles. The third kappa shape index (κ3) is 4.11. The van der Waals surface area contributed by atoms with Crippen LogP contribution in [0.2, 0.25) is 10.0 Å². The summed E-state index contributed by atoms with van der Waals surface area (Å²) >= 11 is 15.3. The van der Waals surface area contributed by atoms with Crippen molar-refractivity contribution in [2.24, 2.45) is 0 Å². The van der Waals surface area contributed by atoms with Crippen LogP contribution in [0.25, 0.3) is 0 Å². The minimum absolute atomic E-state index is 0.358. The van der Waals surface area contributed by atoms with Crippen LogP contribution in [0.1, 0.15) is 11.7 Å². The molecule has 0 radical (unpaired) electrons. The number of halogens is 3. The lowest BCUT2D eigenvalue weighted by molar-refractivity contribution is 0.192. The van der Waals surface area contributed by atoms with E-state index in [9.17, 15) is 5.11 Å². The first-order chi connectivity index (χ1) is 9.06. The van der Waals surface area contributed by atoms with E-state index in [1.807, 2.05) is 24.3 Å². The smallest absolute Gasteiger partial charge is 0.0977 e. The van der Waals surface area contributed by atoms with Crippen molar-refractivity contribution in [1.29, 1.82) is 0 Å². The Kier molecular flexibility index (Phi) is 5.11. The van der Waals surface area contributed by atoms with Gasteiger partial charge >= 0.3 is 0 Å². The summed E-state index contributed by atoms with van der Waals surface area (Å²) in [7, 11) is 0. The summed E-state index contributed by atoms with van der Waals surface area (Å²) in [5, 5.41) is 14.4.